The predicted octanol–water partition coefficient (Wildman–Crippen LogP) is 4.32. The van der Waals surface area contributed by atoms with Crippen LogP contribution in [0.3, 0.4) is 0 Å². The number of hydrogen-bond donors (Lipinski definition) is 3. The molecule has 2 aromatic rings. The second kappa shape index (κ2) is 13.1. The Bertz CT molecular complexity index is 1300. The van der Waals surface area contributed by atoms with Crippen molar-refractivity contribution in [2.45, 2.75) is 90.9 Å². The van der Waals surface area contributed by atoms with Crippen molar-refractivity contribution < 1.29 is 61.4 Å². The summed E-state index contributed by atoms with van der Waals surface area (Å²) in [5.74, 6) is -0.957. The van der Waals surface area contributed by atoms with Gasteiger partial charge in [-0.1, -0.05) is 32.2 Å². The monoisotopic (exact) mass is 640 g/mol. The number of nitrogens with zero attached hydrogens (tertiary/aromatic N) is 1. The van der Waals surface area contributed by atoms with Crippen LogP contribution in [0.4, 0.5) is 10.5 Å². The van der Waals surface area contributed by atoms with Gasteiger partial charge < -0.3 is 35.2 Å². The maximum atomic E-state index is 12.7. The first-order valence-electron chi connectivity index (χ1n) is 13.7. The van der Waals surface area contributed by atoms with Gasteiger partial charge >= 0.3 is 12.1 Å². The van der Waals surface area contributed by atoms with E-state index in [1.54, 1.807) is 33.0 Å². The molecule has 1 saturated carbocycles. The summed E-state index contributed by atoms with van der Waals surface area (Å²) < 4.78 is 12.6. The molecule has 41 heavy (non-hydrogen) atoms. The van der Waals surface area contributed by atoms with Gasteiger partial charge in [-0.05, 0) is 76.5 Å². The summed E-state index contributed by atoms with van der Waals surface area (Å²) in [4.78, 5) is 48.8. The molecular formula is C30H39N4O6Y-. The van der Waals surface area contributed by atoms with Crippen molar-refractivity contribution in [2.24, 2.45) is 11.1 Å². The number of nitrogens with one attached hydrogen (secondary N) is 2. The zero-order chi connectivity index (χ0) is 29.2. The minimum absolute atomic E-state index is 0. The third-order valence-electron chi connectivity index (χ3n) is 7.14. The molecule has 0 aliphatic heterocycles. The summed E-state index contributed by atoms with van der Waals surface area (Å²) in [6, 6.07) is 8.59. The van der Waals surface area contributed by atoms with E-state index in [0.29, 0.717) is 36.1 Å². The van der Waals surface area contributed by atoms with Crippen molar-refractivity contribution in [1.29, 1.82) is 0 Å². The maximum Gasteiger partial charge on any atom is 0.408 e. The van der Waals surface area contributed by atoms with Gasteiger partial charge in [0.2, 0.25) is 0 Å². The largest absolute Gasteiger partial charge is 0.461 e. The summed E-state index contributed by atoms with van der Waals surface area (Å²) >= 11 is 0. The Labute approximate surface area is 266 Å². The summed E-state index contributed by atoms with van der Waals surface area (Å²) in [5, 5.41) is 5.88. The molecule has 11 heteroatoms. The number of amides is 2. The number of aromatic nitrogens is 1. The minimum atomic E-state index is -0.668. The van der Waals surface area contributed by atoms with Crippen molar-refractivity contribution in [1.82, 2.24) is 9.88 Å². The number of benzene rings is 1. The van der Waals surface area contributed by atoms with Crippen LogP contribution in [-0.4, -0.2) is 52.6 Å². The molecule has 1 fully saturated rings. The van der Waals surface area contributed by atoms with E-state index in [2.05, 4.69) is 30.5 Å². The number of ketones is 1. The number of Topliss-reactive ketones (excluding diaryl/α,β-unsaturated/α-hetero) is 1. The molecule has 2 aliphatic rings. The van der Waals surface area contributed by atoms with E-state index in [-0.39, 0.29) is 62.6 Å². The molecule has 1 radical (unpaired) electrons. The average molecular weight is 641 g/mol. The normalized spacial score (nSPS) is 19.8. The number of carbonyl (C=O) groups is 4. The summed E-state index contributed by atoms with van der Waals surface area (Å²) in [7, 11) is 0. The fourth-order valence-corrected chi connectivity index (χ4v) is 5.34. The number of ether oxygens (including phenoxy) is 2. The zero-order valence-corrected chi connectivity index (χ0v) is 27.3. The molecule has 2 amide bonds. The topological polar surface area (TPSA) is 142 Å². The van der Waals surface area contributed by atoms with Crippen molar-refractivity contribution in [2.75, 3.05) is 11.9 Å². The number of carbonyl (C=O) groups excluding carboxylic acids is 4. The Morgan fingerprint density at radius 3 is 2.44 bits per heavy atom. The van der Waals surface area contributed by atoms with E-state index < -0.39 is 23.6 Å². The first-order chi connectivity index (χ1) is 18.7. The second-order valence-corrected chi connectivity index (χ2v) is 12.5. The molecule has 219 valence electrons. The van der Waals surface area contributed by atoms with E-state index in [4.69, 9.17) is 15.2 Å². The molecule has 1 heterocycles. The molecule has 1 aromatic heterocycles. The maximum absolute atomic E-state index is 12.7. The number of fused-ring (bicyclic) bond motifs is 1. The van der Waals surface area contributed by atoms with Gasteiger partial charge in [-0.2, -0.15) is 6.07 Å². The van der Waals surface area contributed by atoms with Gasteiger partial charge in [-0.15, -0.1) is 5.56 Å². The third kappa shape index (κ3) is 8.64. The van der Waals surface area contributed by atoms with Crippen molar-refractivity contribution in [3.63, 3.8) is 0 Å². The van der Waals surface area contributed by atoms with Crippen LogP contribution in [-0.2, 0) is 53.4 Å². The SMILES string of the molecule is CC1(C)CC(=O)c2[c-]cn(-c3ccc(C(N)=O)c(NC4CCC(OC(=O)CNC(=O)OC(C)(C)C)CC4)c3)c2C1.[Y]. The van der Waals surface area contributed by atoms with Gasteiger partial charge in [0.15, 0.2) is 0 Å². The van der Waals surface area contributed by atoms with Crippen LogP contribution >= 0.6 is 0 Å². The molecule has 0 unspecified atom stereocenters. The Morgan fingerprint density at radius 1 is 1.12 bits per heavy atom. The van der Waals surface area contributed by atoms with Crippen LogP contribution in [0.1, 0.15) is 93.1 Å². The molecule has 10 nitrogen and oxygen atoms in total. The fraction of sp³-hybridized carbons (Fsp3) is 0.533. The molecule has 1 aromatic carbocycles. The third-order valence-corrected chi connectivity index (χ3v) is 7.14. The Kier molecular flexibility index (Phi) is 10.5. The molecule has 0 atom stereocenters. The molecule has 4 rings (SSSR count). The van der Waals surface area contributed by atoms with E-state index in [1.165, 1.54) is 0 Å². The van der Waals surface area contributed by atoms with Crippen LogP contribution in [0.2, 0.25) is 0 Å². The second-order valence-electron chi connectivity index (χ2n) is 12.5. The van der Waals surface area contributed by atoms with Crippen LogP contribution in [0.15, 0.2) is 24.4 Å². The number of nitrogens with two attached hydrogens (primary N) is 1. The van der Waals surface area contributed by atoms with Crippen molar-refractivity contribution >= 4 is 29.4 Å². The number of rotatable bonds is 7. The van der Waals surface area contributed by atoms with Crippen LogP contribution in [0.5, 0.6) is 0 Å². The zero-order valence-electron chi connectivity index (χ0n) is 24.5. The Morgan fingerprint density at radius 2 is 1.80 bits per heavy atom. The van der Waals surface area contributed by atoms with Gasteiger partial charge in [-0.3, -0.25) is 9.59 Å². The van der Waals surface area contributed by atoms with Gasteiger partial charge in [0.25, 0.3) is 5.91 Å². The number of alkyl carbamates (subject to hydrolysis) is 1. The summed E-state index contributed by atoms with van der Waals surface area (Å²) in [6.07, 6.45) is 4.81. The van der Waals surface area contributed by atoms with Gasteiger partial charge in [-0.25, -0.2) is 4.79 Å². The first-order valence-corrected chi connectivity index (χ1v) is 13.7. The Balaban J connectivity index is 0.00000462. The van der Waals surface area contributed by atoms with E-state index in [0.717, 1.165) is 30.6 Å². The molecular weight excluding hydrogens is 601 g/mol. The minimum Gasteiger partial charge on any atom is -0.461 e. The van der Waals surface area contributed by atoms with E-state index in [1.807, 2.05) is 16.7 Å². The predicted molar refractivity (Wildman–Crippen MR) is 150 cm³/mol. The van der Waals surface area contributed by atoms with Crippen molar-refractivity contribution in [3.05, 3.63) is 47.3 Å². The number of anilines is 1. The number of primary amides is 1. The molecule has 0 bridgehead atoms. The van der Waals surface area contributed by atoms with Gasteiger partial charge in [0, 0.05) is 50.1 Å². The fourth-order valence-electron chi connectivity index (χ4n) is 5.34. The van der Waals surface area contributed by atoms with Crippen LogP contribution < -0.4 is 16.4 Å². The van der Waals surface area contributed by atoms with Crippen LogP contribution in [0, 0.1) is 11.5 Å². The average Bonchev–Trinajstić information content (AvgIpc) is 3.26. The smallest absolute Gasteiger partial charge is 0.408 e. The Hall–Kier alpha value is -2.72. The van der Waals surface area contributed by atoms with Gasteiger partial charge in [0.1, 0.15) is 18.2 Å². The summed E-state index contributed by atoms with van der Waals surface area (Å²) in [5.41, 5.74) is 8.25. The summed E-state index contributed by atoms with van der Waals surface area (Å²) in [6.45, 7) is 9.14. The van der Waals surface area contributed by atoms with Crippen LogP contribution in [0.25, 0.3) is 5.69 Å². The quantitative estimate of drug-likeness (QED) is 0.302. The number of esters is 1. The standard InChI is InChI=1S/C30H39N4O6.Y/c1-29(2,3)40-28(38)32-17-26(36)39-20-9-6-18(7-10-20)33-23-14-19(8-11-21(23)27(31)37)34-13-12-22-24(34)15-30(4,5)16-25(22)35;/h8,11,13-14,18,20,33H,6-7,9-10,15-17H2,1-5H3,(H2,31,37)(H,32,38);/q-1;. The van der Waals surface area contributed by atoms with E-state index >= 15 is 0 Å². The first kappa shape index (κ1) is 32.8. The van der Waals surface area contributed by atoms with Gasteiger partial charge in [0.05, 0.1) is 11.3 Å². The molecule has 4 N–H and O–H groups in total. The number of hydrogen-bond acceptors (Lipinski definition) is 7. The molecule has 0 spiro atoms. The molecule has 2 aliphatic carbocycles. The van der Waals surface area contributed by atoms with Crippen molar-refractivity contribution in [3.8, 4) is 5.69 Å². The van der Waals surface area contributed by atoms with E-state index in [9.17, 15) is 19.2 Å². The molecule has 0 saturated heterocycles.